The highest BCUT2D eigenvalue weighted by atomic mass is 16.5. The molecule has 2 rings (SSSR count). The molecular formula is C11H14N2O5. The number of nitrogens with one attached hydrogen (secondary N) is 1. The maximum absolute atomic E-state index is 11.7. The van der Waals surface area contributed by atoms with Gasteiger partial charge in [0.2, 0.25) is 0 Å². The molecule has 0 bridgehead atoms. The van der Waals surface area contributed by atoms with Crippen molar-refractivity contribution >= 4 is 11.9 Å². The van der Waals surface area contributed by atoms with Crippen LogP contribution in [0.4, 0.5) is 0 Å². The molecule has 1 aromatic rings. The topological polar surface area (TPSA) is 113 Å². The molecule has 2 atom stereocenters. The first kappa shape index (κ1) is 12.6. The molecule has 1 saturated carbocycles. The number of carbonyl (C=O) groups excluding carboxylic acids is 1. The monoisotopic (exact) mass is 254 g/mol. The summed E-state index contributed by atoms with van der Waals surface area (Å²) in [7, 11) is 0. The van der Waals surface area contributed by atoms with Gasteiger partial charge in [-0.05, 0) is 19.8 Å². The first-order chi connectivity index (χ1) is 8.49. The Labute approximate surface area is 103 Å². The van der Waals surface area contributed by atoms with Crippen molar-refractivity contribution in [2.24, 2.45) is 0 Å². The number of hydrogen-bond donors (Lipinski definition) is 3. The lowest BCUT2D eigenvalue weighted by atomic mass is 10.2. The quantitative estimate of drug-likeness (QED) is 0.687. The van der Waals surface area contributed by atoms with Crippen LogP contribution in [0.2, 0.25) is 0 Å². The molecule has 1 heterocycles. The van der Waals surface area contributed by atoms with Crippen LogP contribution in [0.15, 0.2) is 10.6 Å². The van der Waals surface area contributed by atoms with Crippen LogP contribution in [-0.4, -0.2) is 39.4 Å². The zero-order chi connectivity index (χ0) is 13.3. The lowest BCUT2D eigenvalue weighted by Crippen LogP contribution is -2.47. The van der Waals surface area contributed by atoms with Gasteiger partial charge >= 0.3 is 5.97 Å². The van der Waals surface area contributed by atoms with Gasteiger partial charge in [0.15, 0.2) is 11.7 Å². The lowest BCUT2D eigenvalue weighted by Gasteiger charge is -2.15. The van der Waals surface area contributed by atoms with E-state index in [1.807, 2.05) is 0 Å². The molecule has 1 fully saturated rings. The number of aliphatic hydroxyl groups excluding tert-OH is 1. The van der Waals surface area contributed by atoms with E-state index in [1.54, 1.807) is 0 Å². The Balaban J connectivity index is 2.03. The fraction of sp³-hybridized carbons (Fsp3) is 0.545. The maximum atomic E-state index is 11.7. The summed E-state index contributed by atoms with van der Waals surface area (Å²) in [6, 6.07) is 0.145. The number of nitrogens with zero attached hydrogens (tertiary/aromatic N) is 1. The standard InChI is InChI=1S/C11H14N2O5/c1-5(14)9(11(16)17)12-10(15)7-4-8(18-13-7)6-2-3-6/h4-6,9,14H,2-3H2,1H3,(H,12,15)(H,16,17)/t5-,9+/m1/s1. The van der Waals surface area contributed by atoms with Gasteiger partial charge in [-0.2, -0.15) is 0 Å². The van der Waals surface area contributed by atoms with Gasteiger partial charge in [-0.3, -0.25) is 4.79 Å². The third kappa shape index (κ3) is 2.67. The highest BCUT2D eigenvalue weighted by molar-refractivity contribution is 5.95. The Morgan fingerprint density at radius 3 is 2.72 bits per heavy atom. The van der Waals surface area contributed by atoms with Gasteiger partial charge in [-0.15, -0.1) is 0 Å². The van der Waals surface area contributed by atoms with Crippen LogP contribution >= 0.6 is 0 Å². The smallest absolute Gasteiger partial charge is 0.328 e. The fourth-order valence-corrected chi connectivity index (χ4v) is 1.56. The van der Waals surface area contributed by atoms with Crippen molar-refractivity contribution in [1.82, 2.24) is 10.5 Å². The maximum Gasteiger partial charge on any atom is 0.328 e. The Kier molecular flexibility index (Phi) is 3.33. The van der Waals surface area contributed by atoms with Gasteiger partial charge in [-0.25, -0.2) is 4.79 Å². The lowest BCUT2D eigenvalue weighted by molar-refractivity contribution is -0.141. The number of carboxylic acid groups (broad SMARTS) is 1. The van der Waals surface area contributed by atoms with Crippen LogP contribution in [0.3, 0.4) is 0 Å². The van der Waals surface area contributed by atoms with E-state index in [1.165, 1.54) is 13.0 Å². The molecule has 0 unspecified atom stereocenters. The van der Waals surface area contributed by atoms with Gasteiger partial charge in [0.25, 0.3) is 5.91 Å². The number of hydrogen-bond acceptors (Lipinski definition) is 5. The molecule has 1 amide bonds. The molecule has 1 aliphatic carbocycles. The summed E-state index contributed by atoms with van der Waals surface area (Å²) in [6.07, 6.45) is 0.838. The van der Waals surface area contributed by atoms with Crippen molar-refractivity contribution in [2.75, 3.05) is 0 Å². The van der Waals surface area contributed by atoms with Gasteiger partial charge in [0.1, 0.15) is 5.76 Å². The van der Waals surface area contributed by atoms with Gasteiger partial charge in [-0.1, -0.05) is 5.16 Å². The Morgan fingerprint density at radius 2 is 2.22 bits per heavy atom. The summed E-state index contributed by atoms with van der Waals surface area (Å²) in [5.74, 6) is -1.00. The van der Waals surface area contributed by atoms with E-state index >= 15 is 0 Å². The number of amides is 1. The fourth-order valence-electron chi connectivity index (χ4n) is 1.56. The summed E-state index contributed by atoms with van der Waals surface area (Å²) in [6.45, 7) is 1.29. The Morgan fingerprint density at radius 1 is 1.56 bits per heavy atom. The molecular weight excluding hydrogens is 240 g/mol. The highest BCUT2D eigenvalue weighted by Crippen LogP contribution is 2.40. The molecule has 7 nitrogen and oxygen atoms in total. The minimum Gasteiger partial charge on any atom is -0.480 e. The van der Waals surface area contributed by atoms with E-state index in [0.717, 1.165) is 12.8 Å². The molecule has 0 aliphatic heterocycles. The largest absolute Gasteiger partial charge is 0.480 e. The van der Waals surface area contributed by atoms with Gasteiger partial charge in [0, 0.05) is 12.0 Å². The number of aromatic nitrogens is 1. The van der Waals surface area contributed by atoms with Crippen molar-refractivity contribution in [3.8, 4) is 0 Å². The zero-order valence-corrected chi connectivity index (χ0v) is 9.79. The van der Waals surface area contributed by atoms with E-state index in [-0.39, 0.29) is 5.69 Å². The van der Waals surface area contributed by atoms with Crippen LogP contribution in [0.1, 0.15) is 41.9 Å². The summed E-state index contributed by atoms with van der Waals surface area (Å²) >= 11 is 0. The molecule has 1 aliphatic rings. The summed E-state index contributed by atoms with van der Waals surface area (Å²) in [5.41, 5.74) is 0.0313. The minimum atomic E-state index is -1.36. The highest BCUT2D eigenvalue weighted by Gasteiger charge is 2.30. The number of rotatable bonds is 5. The number of aliphatic hydroxyl groups is 1. The van der Waals surface area contributed by atoms with Gasteiger partial charge < -0.3 is 20.1 Å². The molecule has 1 aromatic heterocycles. The van der Waals surface area contributed by atoms with Crippen molar-refractivity contribution in [3.63, 3.8) is 0 Å². The van der Waals surface area contributed by atoms with E-state index in [9.17, 15) is 14.7 Å². The van der Waals surface area contributed by atoms with Crippen molar-refractivity contribution < 1.29 is 24.3 Å². The molecule has 0 radical (unpaired) electrons. The second kappa shape index (κ2) is 4.77. The summed E-state index contributed by atoms with van der Waals surface area (Å²) in [4.78, 5) is 22.5. The molecule has 7 heteroatoms. The van der Waals surface area contributed by atoms with Gasteiger partial charge in [0.05, 0.1) is 6.10 Å². The Hall–Kier alpha value is -1.89. The molecule has 0 saturated heterocycles. The normalized spacial score (nSPS) is 18.1. The van der Waals surface area contributed by atoms with Crippen molar-refractivity contribution in [3.05, 3.63) is 17.5 Å². The first-order valence-electron chi connectivity index (χ1n) is 5.67. The van der Waals surface area contributed by atoms with E-state index in [4.69, 9.17) is 9.63 Å². The molecule has 98 valence electrons. The predicted octanol–water partition coefficient (Wildman–Crippen LogP) is 0.116. The number of carbonyl (C=O) groups is 2. The van der Waals surface area contributed by atoms with Crippen LogP contribution in [-0.2, 0) is 4.79 Å². The number of aliphatic carboxylic acids is 1. The Bertz CT molecular complexity index is 464. The predicted molar refractivity (Wildman–Crippen MR) is 59.0 cm³/mol. The molecule has 18 heavy (non-hydrogen) atoms. The molecule has 3 N–H and O–H groups in total. The van der Waals surface area contributed by atoms with Crippen molar-refractivity contribution in [2.45, 2.75) is 37.8 Å². The average Bonchev–Trinajstić information content (AvgIpc) is 3.03. The van der Waals surface area contributed by atoms with E-state index < -0.39 is 24.0 Å². The van der Waals surface area contributed by atoms with E-state index in [2.05, 4.69) is 10.5 Å². The van der Waals surface area contributed by atoms with Crippen LogP contribution in [0.25, 0.3) is 0 Å². The first-order valence-corrected chi connectivity index (χ1v) is 5.67. The molecule has 0 aromatic carbocycles. The van der Waals surface area contributed by atoms with Crippen LogP contribution < -0.4 is 5.32 Å². The van der Waals surface area contributed by atoms with E-state index in [0.29, 0.717) is 11.7 Å². The second-order valence-electron chi connectivity index (χ2n) is 4.42. The van der Waals surface area contributed by atoms with Crippen LogP contribution in [0.5, 0.6) is 0 Å². The summed E-state index contributed by atoms with van der Waals surface area (Å²) < 4.78 is 4.99. The minimum absolute atomic E-state index is 0.0313. The average molecular weight is 254 g/mol. The SMILES string of the molecule is C[C@@H](O)[C@H](NC(=O)c1cc(C2CC2)on1)C(=O)O. The third-order valence-corrected chi connectivity index (χ3v) is 2.78. The summed E-state index contributed by atoms with van der Waals surface area (Å²) in [5, 5.41) is 23.8. The second-order valence-corrected chi connectivity index (χ2v) is 4.42. The third-order valence-electron chi connectivity index (χ3n) is 2.78. The van der Waals surface area contributed by atoms with Crippen LogP contribution in [0, 0.1) is 0 Å². The molecule has 0 spiro atoms. The number of carboxylic acids is 1. The zero-order valence-electron chi connectivity index (χ0n) is 9.79. The van der Waals surface area contributed by atoms with Crippen molar-refractivity contribution in [1.29, 1.82) is 0 Å².